The van der Waals surface area contributed by atoms with Crippen LogP contribution in [0.5, 0.6) is 0 Å². The van der Waals surface area contributed by atoms with Gasteiger partial charge in [-0.3, -0.25) is 4.68 Å². The molecule has 0 saturated carbocycles. The molecule has 1 aromatic rings. The number of rotatable bonds is 8. The van der Waals surface area contributed by atoms with Crippen LogP contribution in [0.1, 0.15) is 37.7 Å². The molecule has 0 bridgehead atoms. The van der Waals surface area contributed by atoms with Gasteiger partial charge in [-0.15, -0.1) is 0 Å². The van der Waals surface area contributed by atoms with E-state index in [-0.39, 0.29) is 11.0 Å². The largest absolute Gasteiger partial charge is 0.317 e. The summed E-state index contributed by atoms with van der Waals surface area (Å²) in [5.41, 5.74) is 3.31. The molecule has 6 heteroatoms. The van der Waals surface area contributed by atoms with E-state index in [1.54, 1.807) is 13.8 Å². The summed E-state index contributed by atoms with van der Waals surface area (Å²) in [7, 11) is -3.01. The van der Waals surface area contributed by atoms with Crippen molar-refractivity contribution in [3.8, 4) is 0 Å². The van der Waals surface area contributed by atoms with Gasteiger partial charge in [0.1, 0.15) is 0 Å². The molecule has 1 rings (SSSR count). The molecule has 1 heterocycles. The third-order valence-corrected chi connectivity index (χ3v) is 5.83. The fourth-order valence-electron chi connectivity index (χ4n) is 2.15. The van der Waals surface area contributed by atoms with Gasteiger partial charge in [-0.2, -0.15) is 5.10 Å². The van der Waals surface area contributed by atoms with Crippen LogP contribution in [0, 0.1) is 13.8 Å². The predicted molar refractivity (Wildman–Crippen MR) is 82.9 cm³/mol. The normalized spacial score (nSPS) is 12.3. The van der Waals surface area contributed by atoms with E-state index in [1.807, 2.05) is 18.5 Å². The maximum atomic E-state index is 11.9. The average molecular weight is 301 g/mol. The van der Waals surface area contributed by atoms with Gasteiger partial charge >= 0.3 is 0 Å². The first-order chi connectivity index (χ1) is 9.29. The van der Waals surface area contributed by atoms with Gasteiger partial charge in [0.05, 0.1) is 23.2 Å². The molecule has 0 aliphatic carbocycles. The van der Waals surface area contributed by atoms with Crippen molar-refractivity contribution in [2.75, 3.05) is 18.8 Å². The van der Waals surface area contributed by atoms with E-state index in [9.17, 15) is 8.42 Å². The van der Waals surface area contributed by atoms with Crippen molar-refractivity contribution in [3.05, 3.63) is 17.0 Å². The summed E-state index contributed by atoms with van der Waals surface area (Å²) < 4.78 is 25.6. The fraction of sp³-hybridized carbons (Fsp3) is 0.786. The minimum Gasteiger partial charge on any atom is -0.317 e. The Morgan fingerprint density at radius 2 is 1.95 bits per heavy atom. The number of hydrogen-bond donors (Lipinski definition) is 1. The van der Waals surface area contributed by atoms with Gasteiger partial charge in [0.25, 0.3) is 0 Å². The lowest BCUT2D eigenvalue weighted by Gasteiger charge is -2.09. The molecule has 0 atom stereocenters. The highest BCUT2D eigenvalue weighted by atomic mass is 32.2. The monoisotopic (exact) mass is 301 g/mol. The van der Waals surface area contributed by atoms with E-state index in [4.69, 9.17) is 0 Å². The molecule has 0 aromatic carbocycles. The van der Waals surface area contributed by atoms with Crippen molar-refractivity contribution in [2.24, 2.45) is 0 Å². The van der Waals surface area contributed by atoms with Gasteiger partial charge in [-0.1, -0.05) is 6.92 Å². The highest BCUT2D eigenvalue weighted by Gasteiger charge is 2.18. The van der Waals surface area contributed by atoms with Gasteiger partial charge in [0.2, 0.25) is 0 Å². The molecule has 1 N–H and O–H groups in total. The van der Waals surface area contributed by atoms with Crippen LogP contribution in [0.2, 0.25) is 0 Å². The molecule has 0 amide bonds. The molecule has 20 heavy (non-hydrogen) atoms. The molecule has 0 aliphatic rings. The lowest BCUT2D eigenvalue weighted by atomic mass is 10.1. The standard InChI is InChI=1S/C14H27N3O2S/c1-6-15-8-7-14-12(4)16-17(13(14)5)9-10-20(18,19)11(2)3/h11,15H,6-10H2,1-5H3. The number of sulfone groups is 1. The summed E-state index contributed by atoms with van der Waals surface area (Å²) in [5, 5.41) is 7.45. The second-order valence-electron chi connectivity index (χ2n) is 5.39. The minimum absolute atomic E-state index is 0.152. The Labute approximate surface area is 122 Å². The van der Waals surface area contributed by atoms with E-state index in [2.05, 4.69) is 17.3 Å². The molecule has 0 fully saturated rings. The Hall–Kier alpha value is -0.880. The second-order valence-corrected chi connectivity index (χ2v) is 8.07. The smallest absolute Gasteiger partial charge is 0.154 e. The number of aromatic nitrogens is 2. The SMILES string of the molecule is CCNCCc1c(C)nn(CCS(=O)(=O)C(C)C)c1C. The molecular formula is C14H27N3O2S. The van der Waals surface area contributed by atoms with Crippen LogP contribution >= 0.6 is 0 Å². The zero-order valence-electron chi connectivity index (χ0n) is 13.2. The highest BCUT2D eigenvalue weighted by molar-refractivity contribution is 7.91. The molecule has 0 aliphatic heterocycles. The van der Waals surface area contributed by atoms with Crippen molar-refractivity contribution in [1.82, 2.24) is 15.1 Å². The molecular weight excluding hydrogens is 274 g/mol. The molecule has 1 aromatic heterocycles. The van der Waals surface area contributed by atoms with Gasteiger partial charge in [0.15, 0.2) is 9.84 Å². The Bertz CT molecular complexity index is 533. The van der Waals surface area contributed by atoms with E-state index >= 15 is 0 Å². The first-order valence-corrected chi connectivity index (χ1v) is 8.96. The molecule has 0 spiro atoms. The third kappa shape index (κ3) is 4.31. The summed E-state index contributed by atoms with van der Waals surface area (Å²) in [6, 6.07) is 0. The Morgan fingerprint density at radius 1 is 1.30 bits per heavy atom. The van der Waals surface area contributed by atoms with Crippen molar-refractivity contribution in [3.63, 3.8) is 0 Å². The zero-order valence-corrected chi connectivity index (χ0v) is 14.0. The summed E-state index contributed by atoms with van der Waals surface area (Å²) in [6.45, 7) is 11.9. The van der Waals surface area contributed by atoms with Crippen LogP contribution in [-0.4, -0.2) is 42.3 Å². The maximum Gasteiger partial charge on any atom is 0.154 e. The second kappa shape index (κ2) is 7.22. The lowest BCUT2D eigenvalue weighted by Crippen LogP contribution is -2.22. The van der Waals surface area contributed by atoms with Gasteiger partial charge in [0, 0.05) is 5.69 Å². The Kier molecular flexibility index (Phi) is 6.20. The first kappa shape index (κ1) is 17.2. The molecule has 0 saturated heterocycles. The van der Waals surface area contributed by atoms with Gasteiger partial charge in [-0.25, -0.2) is 8.42 Å². The first-order valence-electron chi connectivity index (χ1n) is 7.24. The number of hydrogen-bond acceptors (Lipinski definition) is 4. The van der Waals surface area contributed by atoms with Crippen LogP contribution in [0.25, 0.3) is 0 Å². The van der Waals surface area contributed by atoms with Crippen molar-refractivity contribution >= 4 is 9.84 Å². The number of aryl methyl sites for hydroxylation is 2. The van der Waals surface area contributed by atoms with Crippen LogP contribution < -0.4 is 5.32 Å². The Balaban J connectivity index is 2.75. The minimum atomic E-state index is -3.01. The van der Waals surface area contributed by atoms with Gasteiger partial charge < -0.3 is 5.32 Å². The number of nitrogens with one attached hydrogen (secondary N) is 1. The topological polar surface area (TPSA) is 64.0 Å². The predicted octanol–water partition coefficient (Wildman–Crippen LogP) is 1.48. The summed E-state index contributed by atoms with van der Waals surface area (Å²) >= 11 is 0. The van der Waals surface area contributed by atoms with E-state index in [0.29, 0.717) is 6.54 Å². The number of nitrogens with zero attached hydrogens (tertiary/aromatic N) is 2. The van der Waals surface area contributed by atoms with E-state index in [0.717, 1.165) is 30.9 Å². The fourth-order valence-corrected chi connectivity index (χ4v) is 3.05. The zero-order chi connectivity index (χ0) is 15.3. The van der Waals surface area contributed by atoms with Crippen molar-refractivity contribution < 1.29 is 8.42 Å². The number of likely N-dealkylation sites (N-methyl/N-ethyl adjacent to an activating group) is 1. The summed E-state index contributed by atoms with van der Waals surface area (Å²) in [6.07, 6.45) is 0.933. The third-order valence-electron chi connectivity index (χ3n) is 3.64. The van der Waals surface area contributed by atoms with Gasteiger partial charge in [-0.05, 0) is 52.8 Å². The molecule has 0 radical (unpaired) electrons. The van der Waals surface area contributed by atoms with Crippen molar-refractivity contribution in [2.45, 2.75) is 52.8 Å². The van der Waals surface area contributed by atoms with Crippen LogP contribution in [0.15, 0.2) is 0 Å². The van der Waals surface area contributed by atoms with E-state index < -0.39 is 9.84 Å². The molecule has 5 nitrogen and oxygen atoms in total. The lowest BCUT2D eigenvalue weighted by molar-refractivity contribution is 0.568. The Morgan fingerprint density at radius 3 is 2.50 bits per heavy atom. The molecule has 116 valence electrons. The molecule has 0 unspecified atom stereocenters. The van der Waals surface area contributed by atoms with Crippen LogP contribution in [-0.2, 0) is 22.8 Å². The average Bonchev–Trinajstić information content (AvgIpc) is 2.64. The van der Waals surface area contributed by atoms with E-state index in [1.165, 1.54) is 5.56 Å². The van der Waals surface area contributed by atoms with Crippen LogP contribution in [0.3, 0.4) is 0 Å². The highest BCUT2D eigenvalue weighted by Crippen LogP contribution is 2.14. The summed E-state index contributed by atoms with van der Waals surface area (Å²) in [5.74, 6) is 0.152. The van der Waals surface area contributed by atoms with Crippen molar-refractivity contribution in [1.29, 1.82) is 0 Å². The van der Waals surface area contributed by atoms with Crippen LogP contribution in [0.4, 0.5) is 0 Å². The maximum absolute atomic E-state index is 11.9. The summed E-state index contributed by atoms with van der Waals surface area (Å²) in [4.78, 5) is 0. The quantitative estimate of drug-likeness (QED) is 0.739.